The quantitative estimate of drug-likeness (QED) is 0.792. The minimum absolute atomic E-state index is 0.00277. The summed E-state index contributed by atoms with van der Waals surface area (Å²) >= 11 is 0. The standard InChI is InChI=1S/C21H27NO2/c1-15(2)14-17-8-10-18(11-9-17)16(3)22-21(24)13-12-19-6-4-5-7-20(19)23/h4-11,15-16,23H,12-14H2,1-3H3,(H,22,24). The lowest BCUT2D eigenvalue weighted by Crippen LogP contribution is -2.26. The van der Waals surface area contributed by atoms with Crippen LogP contribution in [0.15, 0.2) is 48.5 Å². The second kappa shape index (κ2) is 8.53. The zero-order valence-corrected chi connectivity index (χ0v) is 14.8. The monoisotopic (exact) mass is 325 g/mol. The van der Waals surface area contributed by atoms with Crippen LogP contribution in [0.25, 0.3) is 0 Å². The molecule has 3 nitrogen and oxygen atoms in total. The van der Waals surface area contributed by atoms with Crippen LogP contribution in [0.2, 0.25) is 0 Å². The molecule has 1 unspecified atom stereocenters. The Morgan fingerprint density at radius 2 is 1.71 bits per heavy atom. The van der Waals surface area contributed by atoms with Crippen LogP contribution in [0.1, 0.15) is 49.9 Å². The molecule has 0 bridgehead atoms. The topological polar surface area (TPSA) is 49.3 Å². The average Bonchev–Trinajstić information content (AvgIpc) is 2.54. The van der Waals surface area contributed by atoms with Gasteiger partial charge in [-0.2, -0.15) is 0 Å². The SMILES string of the molecule is CC(C)Cc1ccc(C(C)NC(=O)CCc2ccccc2O)cc1. The van der Waals surface area contributed by atoms with Crippen molar-refractivity contribution in [3.8, 4) is 5.75 Å². The largest absolute Gasteiger partial charge is 0.508 e. The molecule has 0 saturated heterocycles. The van der Waals surface area contributed by atoms with Gasteiger partial charge < -0.3 is 10.4 Å². The van der Waals surface area contributed by atoms with Crippen LogP contribution in [-0.2, 0) is 17.6 Å². The van der Waals surface area contributed by atoms with E-state index in [2.05, 4.69) is 43.4 Å². The number of carbonyl (C=O) groups is 1. The van der Waals surface area contributed by atoms with E-state index < -0.39 is 0 Å². The molecule has 2 N–H and O–H groups in total. The maximum absolute atomic E-state index is 12.1. The Hall–Kier alpha value is -2.29. The van der Waals surface area contributed by atoms with E-state index in [0.29, 0.717) is 18.8 Å². The van der Waals surface area contributed by atoms with Crippen molar-refractivity contribution in [3.05, 3.63) is 65.2 Å². The molecule has 2 aromatic rings. The van der Waals surface area contributed by atoms with Crippen molar-refractivity contribution < 1.29 is 9.90 Å². The van der Waals surface area contributed by atoms with Crippen LogP contribution in [0.3, 0.4) is 0 Å². The summed E-state index contributed by atoms with van der Waals surface area (Å²) in [4.78, 5) is 12.1. The highest BCUT2D eigenvalue weighted by Crippen LogP contribution is 2.18. The summed E-state index contributed by atoms with van der Waals surface area (Å²) in [6.07, 6.45) is 1.98. The fourth-order valence-corrected chi connectivity index (χ4v) is 2.78. The van der Waals surface area contributed by atoms with Crippen molar-refractivity contribution >= 4 is 5.91 Å². The van der Waals surface area contributed by atoms with Crippen molar-refractivity contribution in [2.24, 2.45) is 5.92 Å². The number of para-hydroxylation sites is 1. The Bertz CT molecular complexity index is 662. The molecule has 0 heterocycles. The number of phenols is 1. The zero-order valence-electron chi connectivity index (χ0n) is 14.8. The molecular formula is C21H27NO2. The van der Waals surface area contributed by atoms with E-state index in [1.165, 1.54) is 5.56 Å². The summed E-state index contributed by atoms with van der Waals surface area (Å²) < 4.78 is 0. The molecule has 2 rings (SSSR count). The first-order valence-corrected chi connectivity index (χ1v) is 8.60. The second-order valence-corrected chi connectivity index (χ2v) is 6.76. The molecular weight excluding hydrogens is 298 g/mol. The fraction of sp³-hybridized carbons (Fsp3) is 0.381. The molecule has 2 aromatic carbocycles. The van der Waals surface area contributed by atoms with E-state index in [0.717, 1.165) is 17.5 Å². The maximum atomic E-state index is 12.1. The molecule has 128 valence electrons. The van der Waals surface area contributed by atoms with Crippen LogP contribution in [0.5, 0.6) is 5.75 Å². The molecule has 0 aliphatic rings. The molecule has 0 spiro atoms. The first kappa shape index (κ1) is 18.1. The number of amides is 1. The highest BCUT2D eigenvalue weighted by molar-refractivity contribution is 5.76. The Morgan fingerprint density at radius 3 is 2.33 bits per heavy atom. The van der Waals surface area contributed by atoms with Gasteiger partial charge in [0.1, 0.15) is 5.75 Å². The highest BCUT2D eigenvalue weighted by Gasteiger charge is 2.11. The number of rotatable bonds is 7. The lowest BCUT2D eigenvalue weighted by Gasteiger charge is -2.15. The number of benzene rings is 2. The second-order valence-electron chi connectivity index (χ2n) is 6.76. The highest BCUT2D eigenvalue weighted by atomic mass is 16.3. The van der Waals surface area contributed by atoms with Gasteiger partial charge in [-0.25, -0.2) is 0 Å². The van der Waals surface area contributed by atoms with E-state index in [1.807, 2.05) is 19.1 Å². The minimum Gasteiger partial charge on any atom is -0.508 e. The smallest absolute Gasteiger partial charge is 0.220 e. The van der Waals surface area contributed by atoms with E-state index in [9.17, 15) is 9.90 Å². The van der Waals surface area contributed by atoms with Crippen molar-refractivity contribution in [1.82, 2.24) is 5.32 Å². The molecule has 0 fully saturated rings. The Balaban J connectivity index is 1.86. The Labute approximate surface area is 144 Å². The molecule has 0 aliphatic heterocycles. The first-order valence-electron chi connectivity index (χ1n) is 8.60. The third-order valence-electron chi connectivity index (χ3n) is 4.11. The van der Waals surface area contributed by atoms with Gasteiger partial charge >= 0.3 is 0 Å². The number of carbonyl (C=O) groups excluding carboxylic acids is 1. The summed E-state index contributed by atoms with van der Waals surface area (Å²) in [5, 5.41) is 12.8. The summed E-state index contributed by atoms with van der Waals surface area (Å²) in [5.41, 5.74) is 3.24. The summed E-state index contributed by atoms with van der Waals surface area (Å²) in [5.74, 6) is 0.887. The Kier molecular flexibility index (Phi) is 6.42. The van der Waals surface area contributed by atoms with Crippen LogP contribution in [0.4, 0.5) is 0 Å². The van der Waals surface area contributed by atoms with Crippen LogP contribution in [0, 0.1) is 5.92 Å². The molecule has 0 radical (unpaired) electrons. The molecule has 0 saturated carbocycles. The Morgan fingerprint density at radius 1 is 1.04 bits per heavy atom. The summed E-state index contributed by atoms with van der Waals surface area (Å²) in [6, 6.07) is 15.6. The van der Waals surface area contributed by atoms with Crippen LogP contribution in [-0.4, -0.2) is 11.0 Å². The number of nitrogens with one attached hydrogen (secondary N) is 1. The maximum Gasteiger partial charge on any atom is 0.220 e. The minimum atomic E-state index is -0.0185. The third-order valence-corrected chi connectivity index (χ3v) is 4.11. The molecule has 0 aliphatic carbocycles. The van der Waals surface area contributed by atoms with Crippen molar-refractivity contribution in [3.63, 3.8) is 0 Å². The van der Waals surface area contributed by atoms with E-state index in [4.69, 9.17) is 0 Å². The number of aromatic hydroxyl groups is 1. The fourth-order valence-electron chi connectivity index (χ4n) is 2.78. The van der Waals surface area contributed by atoms with Gasteiger partial charge in [-0.3, -0.25) is 4.79 Å². The van der Waals surface area contributed by atoms with Crippen molar-refractivity contribution in [2.75, 3.05) is 0 Å². The van der Waals surface area contributed by atoms with Gasteiger partial charge in [0.05, 0.1) is 6.04 Å². The normalized spacial score (nSPS) is 12.2. The molecule has 0 aromatic heterocycles. The van der Waals surface area contributed by atoms with Gasteiger partial charge in [0, 0.05) is 6.42 Å². The van der Waals surface area contributed by atoms with E-state index >= 15 is 0 Å². The molecule has 1 amide bonds. The number of hydrogen-bond donors (Lipinski definition) is 2. The van der Waals surface area contributed by atoms with Crippen molar-refractivity contribution in [2.45, 2.75) is 46.1 Å². The summed E-state index contributed by atoms with van der Waals surface area (Å²) in [6.45, 7) is 6.41. The number of aryl methyl sites for hydroxylation is 1. The van der Waals surface area contributed by atoms with Gasteiger partial charge in [0.15, 0.2) is 0 Å². The molecule has 24 heavy (non-hydrogen) atoms. The number of hydrogen-bond acceptors (Lipinski definition) is 2. The molecule has 1 atom stereocenters. The number of phenolic OH excluding ortho intramolecular Hbond substituents is 1. The van der Waals surface area contributed by atoms with Gasteiger partial charge in [-0.15, -0.1) is 0 Å². The van der Waals surface area contributed by atoms with E-state index in [1.54, 1.807) is 12.1 Å². The summed E-state index contributed by atoms with van der Waals surface area (Å²) in [7, 11) is 0. The molecule has 3 heteroatoms. The predicted octanol–water partition coefficient (Wildman–Crippen LogP) is 4.40. The lowest BCUT2D eigenvalue weighted by atomic mass is 10.00. The van der Waals surface area contributed by atoms with E-state index in [-0.39, 0.29) is 17.7 Å². The van der Waals surface area contributed by atoms with Gasteiger partial charge in [-0.1, -0.05) is 56.3 Å². The van der Waals surface area contributed by atoms with Gasteiger partial charge in [0.2, 0.25) is 5.91 Å². The third kappa shape index (κ3) is 5.41. The van der Waals surface area contributed by atoms with Crippen LogP contribution >= 0.6 is 0 Å². The zero-order chi connectivity index (χ0) is 17.5. The van der Waals surface area contributed by atoms with Crippen LogP contribution < -0.4 is 5.32 Å². The van der Waals surface area contributed by atoms with Crippen molar-refractivity contribution in [1.29, 1.82) is 0 Å². The predicted molar refractivity (Wildman–Crippen MR) is 98.0 cm³/mol. The van der Waals surface area contributed by atoms with Gasteiger partial charge in [0.25, 0.3) is 0 Å². The van der Waals surface area contributed by atoms with Gasteiger partial charge in [-0.05, 0) is 48.4 Å². The lowest BCUT2D eigenvalue weighted by molar-refractivity contribution is -0.121. The first-order chi connectivity index (χ1) is 11.5. The average molecular weight is 325 g/mol.